The molecule has 4 aromatic heterocycles. The molecule has 0 aliphatic carbocycles. The summed E-state index contributed by atoms with van der Waals surface area (Å²) in [7, 11) is 3.43. The number of aromatic amines is 1. The van der Waals surface area contributed by atoms with Crippen LogP contribution < -0.4 is 9.64 Å². The summed E-state index contributed by atoms with van der Waals surface area (Å²) in [5.41, 5.74) is 5.82. The van der Waals surface area contributed by atoms with E-state index in [-0.39, 0.29) is 11.8 Å². The van der Waals surface area contributed by atoms with E-state index >= 15 is 0 Å². The smallest absolute Gasteiger partial charge is 0.237 e. The van der Waals surface area contributed by atoms with Crippen molar-refractivity contribution in [3.8, 4) is 28.5 Å². The Hall–Kier alpha value is -5.43. The third-order valence-electron chi connectivity index (χ3n) is 9.87. The zero-order chi connectivity index (χ0) is 32.8. The maximum absolute atomic E-state index is 13.9. The molecule has 5 aromatic rings. The Bertz CT molecular complexity index is 2030. The first-order valence-electron chi connectivity index (χ1n) is 16.2. The molecule has 13 heteroatoms. The number of anilines is 1. The lowest BCUT2D eigenvalue weighted by Gasteiger charge is -2.29. The number of nitrogens with zero attached hydrogens (tertiary/aromatic N) is 9. The first kappa shape index (κ1) is 29.9. The van der Waals surface area contributed by atoms with Crippen LogP contribution in [-0.4, -0.2) is 103 Å². The van der Waals surface area contributed by atoms with Gasteiger partial charge in [-0.15, -0.1) is 0 Å². The molecule has 0 bridgehead atoms. The van der Waals surface area contributed by atoms with Crippen LogP contribution in [0.5, 0.6) is 5.88 Å². The van der Waals surface area contributed by atoms with Crippen molar-refractivity contribution < 1.29 is 14.3 Å². The second-order valence-electron chi connectivity index (χ2n) is 12.8. The van der Waals surface area contributed by atoms with Gasteiger partial charge in [-0.25, -0.2) is 15.0 Å². The summed E-state index contributed by atoms with van der Waals surface area (Å²) in [4.78, 5) is 46.7. The highest BCUT2D eigenvalue weighted by Crippen LogP contribution is 2.42. The highest BCUT2D eigenvalue weighted by molar-refractivity contribution is 6.01. The number of methoxy groups -OCH3 is 1. The number of nitrogens with one attached hydrogen (secondary N) is 1. The molecule has 48 heavy (non-hydrogen) atoms. The van der Waals surface area contributed by atoms with Crippen LogP contribution >= 0.6 is 0 Å². The fourth-order valence-corrected chi connectivity index (χ4v) is 7.15. The third-order valence-corrected chi connectivity index (χ3v) is 9.87. The van der Waals surface area contributed by atoms with Gasteiger partial charge in [0.2, 0.25) is 17.7 Å². The number of aryl methyl sites for hydroxylation is 1. The van der Waals surface area contributed by atoms with Gasteiger partial charge in [0, 0.05) is 56.6 Å². The van der Waals surface area contributed by atoms with Crippen molar-refractivity contribution in [3.05, 3.63) is 72.7 Å². The number of aromatic nitrogens is 7. The van der Waals surface area contributed by atoms with Gasteiger partial charge in [-0.1, -0.05) is 30.3 Å². The Morgan fingerprint density at radius 2 is 1.79 bits per heavy atom. The quantitative estimate of drug-likeness (QED) is 0.282. The molecule has 1 N–H and O–H groups in total. The molecule has 0 unspecified atom stereocenters. The summed E-state index contributed by atoms with van der Waals surface area (Å²) in [6.07, 6.45) is 7.82. The van der Waals surface area contributed by atoms with Crippen LogP contribution in [0.15, 0.2) is 67.1 Å². The molecule has 3 aliphatic heterocycles. The van der Waals surface area contributed by atoms with Crippen molar-refractivity contribution in [3.63, 3.8) is 0 Å². The van der Waals surface area contributed by atoms with Gasteiger partial charge in [0.15, 0.2) is 5.82 Å². The summed E-state index contributed by atoms with van der Waals surface area (Å²) in [5.74, 6) is 2.03. The van der Waals surface area contributed by atoms with Gasteiger partial charge in [-0.05, 0) is 55.1 Å². The average molecular weight is 645 g/mol. The zero-order valence-electron chi connectivity index (χ0n) is 27.0. The largest absolute Gasteiger partial charge is 0.481 e. The molecule has 1 atom stereocenters. The molecule has 0 radical (unpaired) electrons. The van der Waals surface area contributed by atoms with E-state index in [1.54, 1.807) is 35.3 Å². The van der Waals surface area contributed by atoms with Crippen LogP contribution in [0.1, 0.15) is 24.8 Å². The second kappa shape index (κ2) is 12.0. The maximum atomic E-state index is 13.9. The van der Waals surface area contributed by atoms with Crippen LogP contribution in [0.4, 0.5) is 5.82 Å². The number of hydrogen-bond donors (Lipinski definition) is 1. The van der Waals surface area contributed by atoms with Gasteiger partial charge in [0.25, 0.3) is 0 Å². The number of pyridine rings is 2. The predicted octanol–water partition coefficient (Wildman–Crippen LogP) is 3.57. The number of ether oxygens (including phenoxy) is 1. The predicted molar refractivity (Wildman–Crippen MR) is 180 cm³/mol. The Kier molecular flexibility index (Phi) is 7.47. The van der Waals surface area contributed by atoms with E-state index in [1.807, 2.05) is 42.3 Å². The number of benzene rings is 1. The lowest BCUT2D eigenvalue weighted by molar-refractivity contribution is -0.132. The second-order valence-corrected chi connectivity index (χ2v) is 12.8. The molecule has 2 amide bonds. The van der Waals surface area contributed by atoms with Crippen LogP contribution in [0.3, 0.4) is 0 Å². The van der Waals surface area contributed by atoms with Crippen LogP contribution in [-0.2, 0) is 16.6 Å². The zero-order valence-corrected chi connectivity index (χ0v) is 27.0. The number of carbonyl (C=O) groups excluding carboxylic acids is 2. The number of likely N-dealkylation sites (tertiary alicyclic amines) is 1. The highest BCUT2D eigenvalue weighted by Gasteiger charge is 2.51. The Morgan fingerprint density at radius 3 is 2.52 bits per heavy atom. The van der Waals surface area contributed by atoms with Gasteiger partial charge >= 0.3 is 0 Å². The van der Waals surface area contributed by atoms with E-state index in [9.17, 15) is 9.59 Å². The first-order chi connectivity index (χ1) is 23.4. The summed E-state index contributed by atoms with van der Waals surface area (Å²) >= 11 is 0. The Labute approximate surface area is 277 Å². The minimum atomic E-state index is -0.498. The molecule has 7 heterocycles. The molecule has 1 aromatic carbocycles. The number of amides is 2. The third kappa shape index (κ3) is 5.39. The van der Waals surface area contributed by atoms with Gasteiger partial charge in [0.05, 0.1) is 24.6 Å². The summed E-state index contributed by atoms with van der Waals surface area (Å²) in [5, 5.41) is 11.9. The first-order valence-corrected chi connectivity index (χ1v) is 16.2. The number of fused-ring (bicyclic) bond motifs is 1. The lowest BCUT2D eigenvalue weighted by atomic mass is 9.85. The number of rotatable bonds is 7. The molecule has 1 spiro atoms. The van der Waals surface area contributed by atoms with Crippen molar-refractivity contribution in [1.82, 2.24) is 44.7 Å². The molecular formula is C35H36N10O3. The fourth-order valence-electron chi connectivity index (χ4n) is 7.15. The number of hydrogen-bond acceptors (Lipinski definition) is 9. The molecule has 13 nitrogen and oxygen atoms in total. The van der Waals surface area contributed by atoms with Gasteiger partial charge in [-0.3, -0.25) is 29.2 Å². The summed E-state index contributed by atoms with van der Waals surface area (Å²) in [6.45, 7) is 3.48. The van der Waals surface area contributed by atoms with Crippen molar-refractivity contribution in [2.75, 3.05) is 51.3 Å². The summed E-state index contributed by atoms with van der Waals surface area (Å²) in [6, 6.07) is 15.7. The van der Waals surface area contributed by atoms with E-state index in [1.165, 1.54) is 5.57 Å². The Morgan fingerprint density at radius 1 is 0.979 bits per heavy atom. The van der Waals surface area contributed by atoms with Crippen molar-refractivity contribution in [2.45, 2.75) is 19.3 Å². The lowest BCUT2D eigenvalue weighted by Crippen LogP contribution is -2.43. The maximum Gasteiger partial charge on any atom is 0.237 e. The van der Waals surface area contributed by atoms with Crippen molar-refractivity contribution in [1.29, 1.82) is 0 Å². The highest BCUT2D eigenvalue weighted by atomic mass is 16.5. The van der Waals surface area contributed by atoms with Crippen LogP contribution in [0.25, 0.3) is 39.3 Å². The van der Waals surface area contributed by atoms with E-state index in [0.717, 1.165) is 48.0 Å². The van der Waals surface area contributed by atoms with E-state index in [4.69, 9.17) is 9.72 Å². The number of carbonyl (C=O) groups is 2. The minimum absolute atomic E-state index is 0.0795. The fraction of sp³-hybridized carbons (Fsp3) is 0.343. The van der Waals surface area contributed by atoms with Crippen molar-refractivity contribution >= 4 is 34.2 Å². The monoisotopic (exact) mass is 644 g/mol. The molecular weight excluding hydrogens is 608 g/mol. The molecule has 8 rings (SSSR count). The number of H-pyrrole nitrogens is 1. The van der Waals surface area contributed by atoms with E-state index in [0.29, 0.717) is 61.5 Å². The van der Waals surface area contributed by atoms with Crippen molar-refractivity contribution in [2.24, 2.45) is 12.5 Å². The molecule has 2 fully saturated rings. The normalized spacial score (nSPS) is 19.9. The Balaban J connectivity index is 0.893. The molecule has 244 valence electrons. The molecule has 3 aliphatic rings. The standard InChI is InChI=1S/C35H36N10O3/c1-42-22-37-33(41-42)25-5-3-23(4-6-25)24-11-15-44(16-12-24)30(46)20-43-17-13-35(21-43)14-18-45(34(35)47)28-9-8-27-32(38-28)31(40-39-27)26-7-10-29(48-2)36-19-26/h3-11,19,22H,12-18,20-21H2,1-2H3,(H,39,40)/t35-/m0/s1. The minimum Gasteiger partial charge on any atom is -0.481 e. The average Bonchev–Trinajstić information content (AvgIpc) is 3.92. The van der Waals surface area contributed by atoms with Crippen LogP contribution in [0, 0.1) is 5.41 Å². The van der Waals surface area contributed by atoms with Gasteiger partial charge in [0.1, 0.15) is 23.4 Å². The summed E-state index contributed by atoms with van der Waals surface area (Å²) < 4.78 is 6.88. The van der Waals surface area contributed by atoms with Crippen LogP contribution in [0.2, 0.25) is 0 Å². The topological polar surface area (TPSA) is 138 Å². The van der Waals surface area contributed by atoms with E-state index < -0.39 is 5.41 Å². The van der Waals surface area contributed by atoms with Gasteiger partial charge in [-0.2, -0.15) is 10.2 Å². The molecule has 2 saturated heterocycles. The SMILES string of the molecule is COc1ccc(-c2n[nH]c3ccc(N4CC[C@]5(CCN(CC(=O)N6CC=C(c7ccc(-c8ncn(C)n8)cc7)CC6)C5)C4=O)nc23)cn1. The van der Waals surface area contributed by atoms with E-state index in [2.05, 4.69) is 48.4 Å². The molecule has 0 saturated carbocycles. The van der Waals surface area contributed by atoms with Gasteiger partial charge < -0.3 is 9.64 Å².